The molecule has 0 spiro atoms. The molecule has 10 N–H and O–H groups in total. The van der Waals surface area contributed by atoms with Crippen molar-refractivity contribution in [3.05, 3.63) is 65.7 Å². The zero-order valence-corrected chi connectivity index (χ0v) is 22.0. The maximum absolute atomic E-state index is 13.3. The number of nitrogens with two attached hydrogens (primary N) is 2. The molecule has 4 amide bonds. The first-order valence-electron chi connectivity index (χ1n) is 12.6. The number of rotatable bonds is 16. The van der Waals surface area contributed by atoms with E-state index in [2.05, 4.69) is 16.0 Å². The van der Waals surface area contributed by atoms with E-state index in [1.54, 1.807) is 30.3 Å². The van der Waals surface area contributed by atoms with Gasteiger partial charge in [-0.2, -0.15) is 0 Å². The number of carbonyl (C=O) groups is 6. The number of carbonyl (C=O) groups excluding carboxylic acids is 4. The Kier molecular flexibility index (Phi) is 12.2. The van der Waals surface area contributed by atoms with Gasteiger partial charge in [0.15, 0.2) is 0 Å². The van der Waals surface area contributed by atoms with E-state index in [-0.39, 0.29) is 31.4 Å². The van der Waals surface area contributed by atoms with Gasteiger partial charge in [0, 0.05) is 19.3 Å². The Balaban J connectivity index is 2.26. The lowest BCUT2D eigenvalue weighted by Crippen LogP contribution is -2.58. The first-order chi connectivity index (χ1) is 19.3. The van der Waals surface area contributed by atoms with Gasteiger partial charge < -0.3 is 42.7 Å². The number of hydrogen-bond donors (Lipinski definition) is 8. The Morgan fingerprint density at radius 2 is 1.22 bits per heavy atom. The first-order valence-corrected chi connectivity index (χ1v) is 12.6. The van der Waals surface area contributed by atoms with E-state index in [0.717, 1.165) is 0 Å². The number of carboxylic acids is 2. The third-order valence-corrected chi connectivity index (χ3v) is 5.95. The molecule has 4 unspecified atom stereocenters. The largest absolute Gasteiger partial charge is 0.508 e. The number of carboxylic acid groups (broad SMARTS) is 2. The zero-order chi connectivity index (χ0) is 30.5. The van der Waals surface area contributed by atoms with Crippen molar-refractivity contribution in [1.29, 1.82) is 0 Å². The van der Waals surface area contributed by atoms with Crippen LogP contribution in [-0.2, 0) is 41.6 Å². The molecule has 0 bridgehead atoms. The summed E-state index contributed by atoms with van der Waals surface area (Å²) in [5.41, 5.74) is 12.0. The Morgan fingerprint density at radius 3 is 1.78 bits per heavy atom. The van der Waals surface area contributed by atoms with Crippen molar-refractivity contribution >= 4 is 35.6 Å². The van der Waals surface area contributed by atoms with E-state index in [4.69, 9.17) is 16.6 Å². The van der Waals surface area contributed by atoms with E-state index in [1.165, 1.54) is 24.3 Å². The number of nitrogens with one attached hydrogen (secondary N) is 3. The van der Waals surface area contributed by atoms with Crippen molar-refractivity contribution in [3.63, 3.8) is 0 Å². The summed E-state index contributed by atoms with van der Waals surface area (Å²) in [6, 6.07) is 8.56. The van der Waals surface area contributed by atoms with Crippen LogP contribution in [-0.4, -0.2) is 75.1 Å². The average Bonchev–Trinajstić information content (AvgIpc) is 2.91. The summed E-state index contributed by atoms with van der Waals surface area (Å²) in [4.78, 5) is 73.2. The fraction of sp³-hybridized carbons (Fsp3) is 0.333. The molecular weight excluding hydrogens is 538 g/mol. The Hall–Kier alpha value is -4.98. The fourth-order valence-electron chi connectivity index (χ4n) is 3.79. The van der Waals surface area contributed by atoms with Crippen molar-refractivity contribution in [2.45, 2.75) is 56.3 Å². The summed E-state index contributed by atoms with van der Waals surface area (Å²) in [6.45, 7) is 0. The van der Waals surface area contributed by atoms with Gasteiger partial charge in [0.05, 0.1) is 12.5 Å². The molecule has 0 saturated carbocycles. The summed E-state index contributed by atoms with van der Waals surface area (Å²) >= 11 is 0. The van der Waals surface area contributed by atoms with Crippen molar-refractivity contribution in [2.24, 2.45) is 11.5 Å². The molecule has 0 heterocycles. The summed E-state index contributed by atoms with van der Waals surface area (Å²) in [5.74, 6) is -6.23. The Morgan fingerprint density at radius 1 is 0.707 bits per heavy atom. The number of benzene rings is 2. The van der Waals surface area contributed by atoms with Crippen LogP contribution in [0.3, 0.4) is 0 Å². The van der Waals surface area contributed by atoms with Gasteiger partial charge in [-0.15, -0.1) is 0 Å². The molecule has 14 nitrogen and oxygen atoms in total. The second-order valence-corrected chi connectivity index (χ2v) is 9.29. The normalized spacial score (nSPS) is 13.6. The quantitative estimate of drug-likeness (QED) is 0.119. The van der Waals surface area contributed by atoms with Crippen LogP contribution in [0.4, 0.5) is 0 Å². The van der Waals surface area contributed by atoms with Crippen LogP contribution in [0, 0.1) is 0 Å². The van der Waals surface area contributed by atoms with Crippen molar-refractivity contribution in [2.75, 3.05) is 0 Å². The van der Waals surface area contributed by atoms with Gasteiger partial charge in [0.2, 0.25) is 23.6 Å². The van der Waals surface area contributed by atoms with Crippen LogP contribution in [0.5, 0.6) is 5.75 Å². The lowest BCUT2D eigenvalue weighted by atomic mass is 10.0. The van der Waals surface area contributed by atoms with Gasteiger partial charge in [-0.05, 0) is 29.7 Å². The van der Waals surface area contributed by atoms with E-state index in [9.17, 15) is 39.0 Å². The van der Waals surface area contributed by atoms with E-state index >= 15 is 0 Å². The number of phenols is 1. The number of aromatic hydroxyl groups is 1. The molecule has 4 atom stereocenters. The summed E-state index contributed by atoms with van der Waals surface area (Å²) in [5, 5.41) is 35.3. The van der Waals surface area contributed by atoms with Gasteiger partial charge in [-0.1, -0.05) is 42.5 Å². The SMILES string of the molecule is NC(=O)CCC(NC(=O)C(Cc1ccc(O)cc1)NC(=O)C(N)CC(=O)O)C(=O)NC(Cc1ccccc1)C(=O)O. The van der Waals surface area contributed by atoms with Crippen molar-refractivity contribution in [1.82, 2.24) is 16.0 Å². The van der Waals surface area contributed by atoms with Crippen LogP contribution in [0.15, 0.2) is 54.6 Å². The van der Waals surface area contributed by atoms with E-state index in [0.29, 0.717) is 11.1 Å². The highest BCUT2D eigenvalue weighted by Gasteiger charge is 2.31. The molecule has 2 aromatic carbocycles. The Labute approximate surface area is 235 Å². The molecule has 0 saturated heterocycles. The highest BCUT2D eigenvalue weighted by Crippen LogP contribution is 2.12. The minimum absolute atomic E-state index is 0.0473. The maximum Gasteiger partial charge on any atom is 0.326 e. The zero-order valence-electron chi connectivity index (χ0n) is 22.0. The van der Waals surface area contributed by atoms with Crippen LogP contribution >= 0.6 is 0 Å². The van der Waals surface area contributed by atoms with Gasteiger partial charge >= 0.3 is 11.9 Å². The molecule has 41 heavy (non-hydrogen) atoms. The van der Waals surface area contributed by atoms with Crippen molar-refractivity contribution < 1.29 is 44.1 Å². The average molecular weight is 572 g/mol. The first kappa shape index (κ1) is 32.2. The maximum atomic E-state index is 13.3. The number of aliphatic carboxylic acids is 2. The highest BCUT2D eigenvalue weighted by molar-refractivity contribution is 5.95. The van der Waals surface area contributed by atoms with Gasteiger partial charge in [0.1, 0.15) is 23.9 Å². The molecule has 0 aliphatic carbocycles. The number of phenolic OH excluding ortho intramolecular Hbond substituents is 1. The molecule has 0 fully saturated rings. The second-order valence-electron chi connectivity index (χ2n) is 9.29. The lowest BCUT2D eigenvalue weighted by Gasteiger charge is -2.25. The molecule has 2 rings (SSSR count). The molecule has 2 aromatic rings. The monoisotopic (exact) mass is 571 g/mol. The Bertz CT molecular complexity index is 1240. The standard InChI is InChI=1S/C27H33N5O9/c28-18(14-23(35)36)24(37)31-20(12-16-6-8-17(33)9-7-16)26(39)30-19(10-11-22(29)34)25(38)32-21(27(40)41)13-15-4-2-1-3-5-15/h1-9,18-21,33H,10-14,28H2,(H2,29,34)(H,30,39)(H,31,37)(H,32,38)(H,35,36)(H,40,41). The lowest BCUT2D eigenvalue weighted by molar-refractivity contribution is -0.142. The van der Waals surface area contributed by atoms with Crippen LogP contribution in [0.1, 0.15) is 30.4 Å². The van der Waals surface area contributed by atoms with Crippen LogP contribution in [0.25, 0.3) is 0 Å². The van der Waals surface area contributed by atoms with Crippen LogP contribution < -0.4 is 27.4 Å². The molecule has 0 aromatic heterocycles. The highest BCUT2D eigenvalue weighted by atomic mass is 16.4. The van der Waals surface area contributed by atoms with Gasteiger partial charge in [-0.3, -0.25) is 24.0 Å². The molecule has 0 aliphatic rings. The third kappa shape index (κ3) is 11.3. The van der Waals surface area contributed by atoms with E-state index in [1.807, 2.05) is 0 Å². The summed E-state index contributed by atoms with van der Waals surface area (Å²) in [7, 11) is 0. The smallest absolute Gasteiger partial charge is 0.326 e. The minimum Gasteiger partial charge on any atom is -0.508 e. The van der Waals surface area contributed by atoms with Gasteiger partial charge in [-0.25, -0.2) is 4.79 Å². The predicted octanol–water partition coefficient (Wildman–Crippen LogP) is -1.22. The molecular formula is C27H33N5O9. The molecule has 0 radical (unpaired) electrons. The fourth-order valence-corrected chi connectivity index (χ4v) is 3.79. The van der Waals surface area contributed by atoms with Crippen molar-refractivity contribution in [3.8, 4) is 5.75 Å². The minimum atomic E-state index is -1.48. The summed E-state index contributed by atoms with van der Waals surface area (Å²) < 4.78 is 0. The van der Waals surface area contributed by atoms with E-state index < -0.39 is 66.2 Å². The predicted molar refractivity (Wildman–Crippen MR) is 144 cm³/mol. The number of hydrogen-bond acceptors (Lipinski definition) is 8. The topological polar surface area (TPSA) is 251 Å². The third-order valence-electron chi connectivity index (χ3n) is 5.95. The molecule has 14 heteroatoms. The van der Waals surface area contributed by atoms with Gasteiger partial charge in [0.25, 0.3) is 0 Å². The number of amides is 4. The van der Waals surface area contributed by atoms with Crippen LogP contribution in [0.2, 0.25) is 0 Å². The molecule has 0 aliphatic heterocycles. The second kappa shape index (κ2) is 15.6. The number of primary amides is 1. The molecule has 220 valence electrons. The summed E-state index contributed by atoms with van der Waals surface area (Å²) in [6.07, 6.45) is -1.51.